The van der Waals surface area contributed by atoms with E-state index in [1.807, 2.05) is 12.4 Å². The Bertz CT molecular complexity index is 2470. The van der Waals surface area contributed by atoms with Crippen LogP contribution in [-0.2, 0) is 32.2 Å². The van der Waals surface area contributed by atoms with Gasteiger partial charge in [0.1, 0.15) is 17.6 Å². The lowest BCUT2D eigenvalue weighted by Crippen LogP contribution is -2.37. The number of aryl methyl sites for hydroxylation is 1. The highest BCUT2D eigenvalue weighted by molar-refractivity contribution is 5.81. The number of nitrogens with zero attached hydrogens (tertiary/aromatic N) is 6. The van der Waals surface area contributed by atoms with Crippen LogP contribution < -0.4 is 29.4 Å². The zero-order valence-corrected chi connectivity index (χ0v) is 32.0. The van der Waals surface area contributed by atoms with E-state index >= 15 is 0 Å². The van der Waals surface area contributed by atoms with Crippen LogP contribution in [0.25, 0.3) is 11.2 Å². The predicted molar refractivity (Wildman–Crippen MR) is 213 cm³/mol. The first-order valence-corrected chi connectivity index (χ1v) is 19.5. The molecule has 0 radical (unpaired) electrons. The monoisotopic (exact) mass is 751 g/mol. The molecule has 12 heteroatoms. The molecule has 2 atom stereocenters. The second kappa shape index (κ2) is 14.0. The summed E-state index contributed by atoms with van der Waals surface area (Å²) >= 11 is 0. The molecule has 0 unspecified atom stereocenters. The Labute approximate surface area is 325 Å². The van der Waals surface area contributed by atoms with Gasteiger partial charge in [-0.15, -0.1) is 0 Å². The van der Waals surface area contributed by atoms with Gasteiger partial charge in [-0.25, -0.2) is 15.0 Å². The van der Waals surface area contributed by atoms with Crippen molar-refractivity contribution in [1.82, 2.24) is 29.3 Å². The molecule has 0 spiro atoms. The molecule has 5 aliphatic rings. The summed E-state index contributed by atoms with van der Waals surface area (Å²) in [6.07, 6.45) is 8.65. The average molecular weight is 752 g/mol. The van der Waals surface area contributed by atoms with Crippen molar-refractivity contribution in [1.29, 1.82) is 0 Å². The molecule has 56 heavy (non-hydrogen) atoms. The van der Waals surface area contributed by atoms with E-state index in [9.17, 15) is 0 Å². The first-order valence-electron chi connectivity index (χ1n) is 19.5. The third-order valence-corrected chi connectivity index (χ3v) is 12.0. The number of methoxy groups -OCH3 is 2. The number of fused-ring (bicyclic) bond motifs is 3. The van der Waals surface area contributed by atoms with E-state index in [1.54, 1.807) is 14.2 Å². The second-order valence-electron chi connectivity index (χ2n) is 15.3. The Balaban J connectivity index is 1.04. The first kappa shape index (κ1) is 34.6. The number of ether oxygens (including phenoxy) is 5. The number of anilines is 1. The van der Waals surface area contributed by atoms with E-state index in [4.69, 9.17) is 29.4 Å². The minimum Gasteiger partial charge on any atom is -0.493 e. The van der Waals surface area contributed by atoms with Crippen molar-refractivity contribution in [3.8, 4) is 46.0 Å². The summed E-state index contributed by atoms with van der Waals surface area (Å²) in [5.41, 5.74) is 14.8. The number of unbranched alkanes of at least 4 members (excludes halogenated alkanes) is 1. The Morgan fingerprint density at radius 2 is 1.50 bits per heavy atom. The number of imidazole rings is 1. The van der Waals surface area contributed by atoms with Crippen LogP contribution in [0.5, 0.6) is 46.0 Å². The summed E-state index contributed by atoms with van der Waals surface area (Å²) in [5.74, 6) is 6.15. The lowest BCUT2D eigenvalue weighted by Gasteiger charge is -2.40. The van der Waals surface area contributed by atoms with Crippen molar-refractivity contribution < 1.29 is 23.7 Å². The van der Waals surface area contributed by atoms with Gasteiger partial charge in [0.15, 0.2) is 46.0 Å². The van der Waals surface area contributed by atoms with Crippen molar-refractivity contribution in [2.24, 2.45) is 0 Å². The van der Waals surface area contributed by atoms with Crippen molar-refractivity contribution >= 4 is 17.0 Å². The molecular weight excluding hydrogens is 707 g/mol. The molecule has 11 rings (SSSR count). The predicted octanol–water partition coefficient (Wildman–Crippen LogP) is 7.82. The fourth-order valence-corrected chi connectivity index (χ4v) is 9.04. The minimum absolute atomic E-state index is 0.0805. The van der Waals surface area contributed by atoms with Gasteiger partial charge in [0.05, 0.1) is 20.5 Å². The average Bonchev–Trinajstić information content (AvgIpc) is 3.64. The minimum atomic E-state index is 0.0805. The van der Waals surface area contributed by atoms with Gasteiger partial charge in [-0.1, -0.05) is 18.2 Å². The molecule has 4 aromatic carbocycles. The number of nitrogen functional groups attached to an aromatic ring is 1. The quantitative estimate of drug-likeness (QED) is 0.161. The molecule has 0 saturated heterocycles. The molecule has 2 aromatic heterocycles. The van der Waals surface area contributed by atoms with Crippen LogP contribution in [0.1, 0.15) is 58.3 Å². The zero-order valence-electron chi connectivity index (χ0n) is 32.0. The molecule has 7 heterocycles. The summed E-state index contributed by atoms with van der Waals surface area (Å²) in [5, 5.41) is 0. The van der Waals surface area contributed by atoms with Crippen molar-refractivity contribution in [3.05, 3.63) is 107 Å². The van der Waals surface area contributed by atoms with Crippen LogP contribution in [0.2, 0.25) is 0 Å². The number of aromatic nitrogens is 4. The summed E-state index contributed by atoms with van der Waals surface area (Å²) in [7, 11) is 5.59. The first-order chi connectivity index (χ1) is 27.4. The summed E-state index contributed by atoms with van der Waals surface area (Å²) in [4.78, 5) is 18.0. The van der Waals surface area contributed by atoms with Gasteiger partial charge < -0.3 is 34.0 Å². The van der Waals surface area contributed by atoms with Crippen molar-refractivity contribution in [2.45, 2.75) is 57.2 Å². The molecular formula is C44H45N7O5. The lowest BCUT2D eigenvalue weighted by molar-refractivity contribution is 0.178. The van der Waals surface area contributed by atoms with Crippen molar-refractivity contribution in [3.63, 3.8) is 0 Å². The standard InChI is InChI=1S/C44H45N7O5/c1-49-16-12-29-22-38(53-3)41-42-39(29)33(49)18-26-6-9-30(10-7-26)54-35-20-27(8-11-34(35)52-2)19-32-31-23-37(56-42)36(55-41)21-28(31)13-17-50(32)14-4-5-15-51-25-48-40-43(45)46-24-47-44(40)51/h6-11,20-25,32-33H,4-5,12-19H2,1-3H3,(H2,45,46,47)/t32-,33-/m0/s1. The molecule has 6 aromatic rings. The number of hydrogen-bond donors (Lipinski definition) is 1. The maximum absolute atomic E-state index is 7.06. The third-order valence-electron chi connectivity index (χ3n) is 12.0. The summed E-state index contributed by atoms with van der Waals surface area (Å²) in [6, 6.07) is 21.5. The molecule has 0 amide bonds. The molecule has 12 nitrogen and oxygen atoms in total. The Morgan fingerprint density at radius 1 is 0.732 bits per heavy atom. The number of benzene rings is 4. The third kappa shape index (κ3) is 6.04. The van der Waals surface area contributed by atoms with Gasteiger partial charge in [-0.2, -0.15) is 0 Å². The highest BCUT2D eigenvalue weighted by Crippen LogP contribution is 2.56. The van der Waals surface area contributed by atoms with E-state index in [-0.39, 0.29) is 12.1 Å². The number of rotatable bonds is 7. The fourth-order valence-electron chi connectivity index (χ4n) is 9.04. The van der Waals surface area contributed by atoms with Crippen LogP contribution in [0.3, 0.4) is 0 Å². The van der Waals surface area contributed by atoms with Gasteiger partial charge in [0.25, 0.3) is 0 Å². The van der Waals surface area contributed by atoms with Crippen LogP contribution >= 0.6 is 0 Å². The van der Waals surface area contributed by atoms with Crippen LogP contribution in [0.4, 0.5) is 5.82 Å². The van der Waals surface area contributed by atoms with E-state index in [1.165, 1.54) is 28.6 Å². The molecule has 0 aliphatic carbocycles. The fraction of sp³-hybridized carbons (Fsp3) is 0.341. The molecule has 2 N–H and O–H groups in total. The second-order valence-corrected chi connectivity index (χ2v) is 15.3. The van der Waals surface area contributed by atoms with E-state index in [2.05, 4.69) is 91.0 Å². The maximum atomic E-state index is 7.06. The van der Waals surface area contributed by atoms with Crippen LogP contribution in [0, 0.1) is 0 Å². The molecule has 286 valence electrons. The van der Waals surface area contributed by atoms with E-state index in [0.717, 1.165) is 104 Å². The molecule has 7 bridgehead atoms. The maximum Gasteiger partial charge on any atom is 0.212 e. The SMILES string of the molecule is COc1ccc2cc1Oc1ccc(cc1)C[C@H]1c3c(cc(OC)c4c3Oc3cc5c(cc3O4)CCN(CCCCn3cnc4c(N)ncnc43)[C@H]5C2)CCN1C. The van der Waals surface area contributed by atoms with Gasteiger partial charge in [0, 0.05) is 37.3 Å². The van der Waals surface area contributed by atoms with E-state index in [0.29, 0.717) is 34.3 Å². The molecule has 0 fully saturated rings. The Hall–Kier alpha value is -5.85. The molecule has 0 saturated carbocycles. The Morgan fingerprint density at radius 3 is 2.36 bits per heavy atom. The topological polar surface area (TPSA) is 122 Å². The Kier molecular flexibility index (Phi) is 8.67. The van der Waals surface area contributed by atoms with Crippen molar-refractivity contribution in [2.75, 3.05) is 46.6 Å². The normalized spacial score (nSPS) is 18.5. The largest absolute Gasteiger partial charge is 0.493 e. The highest BCUT2D eigenvalue weighted by Gasteiger charge is 2.37. The summed E-state index contributed by atoms with van der Waals surface area (Å²) < 4.78 is 34.2. The lowest BCUT2D eigenvalue weighted by atomic mass is 9.86. The smallest absolute Gasteiger partial charge is 0.212 e. The summed E-state index contributed by atoms with van der Waals surface area (Å²) in [6.45, 7) is 3.57. The molecule has 5 aliphatic heterocycles. The van der Waals surface area contributed by atoms with Gasteiger partial charge >= 0.3 is 0 Å². The van der Waals surface area contributed by atoms with Crippen LogP contribution in [0.15, 0.2) is 73.3 Å². The van der Waals surface area contributed by atoms with Gasteiger partial charge in [-0.3, -0.25) is 9.80 Å². The zero-order chi connectivity index (χ0) is 37.9. The van der Waals surface area contributed by atoms with Gasteiger partial charge in [-0.05, 0) is 122 Å². The number of nitrogens with two attached hydrogens (primary N) is 1. The number of hydrogen-bond acceptors (Lipinski definition) is 11. The van der Waals surface area contributed by atoms with Crippen LogP contribution in [-0.4, -0.2) is 70.2 Å². The number of likely N-dealkylation sites (N-methyl/N-ethyl adjacent to an activating group) is 1. The van der Waals surface area contributed by atoms with E-state index < -0.39 is 0 Å². The van der Waals surface area contributed by atoms with Gasteiger partial charge in [0.2, 0.25) is 5.75 Å². The highest BCUT2D eigenvalue weighted by atomic mass is 16.6.